The summed E-state index contributed by atoms with van der Waals surface area (Å²) in [5, 5.41) is 10.3. The molecule has 0 spiro atoms. The van der Waals surface area contributed by atoms with E-state index in [1.807, 2.05) is 42.2 Å². The average Bonchev–Trinajstić information content (AvgIpc) is 3.11. The minimum Gasteiger partial charge on any atom is -0.478 e. The number of para-hydroxylation sites is 1. The highest BCUT2D eigenvalue weighted by Crippen LogP contribution is 2.45. The topological polar surface area (TPSA) is 124 Å². The molecule has 0 saturated heterocycles. The summed E-state index contributed by atoms with van der Waals surface area (Å²) >= 11 is 6.88. The number of nitrogens with one attached hydrogen (secondary N) is 1. The lowest BCUT2D eigenvalue weighted by Gasteiger charge is -2.36. The number of unbranched alkanes of at least 4 members (excludes halogenated alkanes) is 3. The zero-order valence-corrected chi connectivity index (χ0v) is 28.7. The smallest absolute Gasteiger partial charge is 0.337 e. The van der Waals surface area contributed by atoms with Crippen LogP contribution in [0.2, 0.25) is 5.02 Å². The molecule has 5 rings (SSSR count). The quantitative estimate of drug-likeness (QED) is 0.198. The summed E-state index contributed by atoms with van der Waals surface area (Å²) in [6, 6.07) is 16.8. The number of fused-ring (bicyclic) bond motifs is 1. The number of benzene rings is 3. The lowest BCUT2D eigenvalue weighted by Crippen LogP contribution is -2.46. The van der Waals surface area contributed by atoms with Gasteiger partial charge in [0.05, 0.1) is 27.7 Å². The van der Waals surface area contributed by atoms with Crippen molar-refractivity contribution in [1.82, 2.24) is 4.31 Å². The first-order valence-electron chi connectivity index (χ1n) is 16.0. The highest BCUT2D eigenvalue weighted by Gasteiger charge is 2.41. The van der Waals surface area contributed by atoms with Crippen molar-refractivity contribution >= 4 is 54.7 Å². The number of anilines is 3. The van der Waals surface area contributed by atoms with Crippen LogP contribution in [0.4, 0.5) is 17.1 Å². The van der Waals surface area contributed by atoms with Crippen LogP contribution in [0.25, 0.3) is 11.1 Å². The van der Waals surface area contributed by atoms with Gasteiger partial charge in [0.25, 0.3) is 0 Å². The fourth-order valence-electron chi connectivity index (χ4n) is 6.65. The summed E-state index contributed by atoms with van der Waals surface area (Å²) in [6.45, 7) is 2.49. The van der Waals surface area contributed by atoms with Crippen LogP contribution in [-0.2, 0) is 20.0 Å². The van der Waals surface area contributed by atoms with E-state index in [0.717, 1.165) is 57.1 Å². The summed E-state index contributed by atoms with van der Waals surface area (Å²) in [5.74, 6) is -1.23. The van der Waals surface area contributed by atoms with Gasteiger partial charge in [0.15, 0.2) is 0 Å². The molecule has 1 atom stereocenters. The highest BCUT2D eigenvalue weighted by atomic mass is 35.5. The van der Waals surface area contributed by atoms with Crippen molar-refractivity contribution in [2.75, 3.05) is 29.0 Å². The molecule has 3 aromatic rings. The number of halogens is 1. The largest absolute Gasteiger partial charge is 0.478 e. The summed E-state index contributed by atoms with van der Waals surface area (Å²) in [4.78, 5) is 14.4. The molecule has 0 radical (unpaired) electrons. The Morgan fingerprint density at radius 3 is 2.39 bits per heavy atom. The maximum atomic E-state index is 14.3. The van der Waals surface area contributed by atoms with E-state index in [-0.39, 0.29) is 38.9 Å². The Balaban J connectivity index is 1.58. The lowest BCUT2D eigenvalue weighted by atomic mass is 9.83. The minimum atomic E-state index is -3.99. The van der Waals surface area contributed by atoms with Crippen LogP contribution < -0.4 is 9.62 Å². The van der Waals surface area contributed by atoms with Crippen molar-refractivity contribution in [2.45, 2.75) is 75.6 Å². The van der Waals surface area contributed by atoms with E-state index in [1.54, 1.807) is 19.2 Å². The second-order valence-corrected chi connectivity index (χ2v) is 16.5. The Morgan fingerprint density at radius 1 is 1.00 bits per heavy atom. The minimum absolute atomic E-state index is 0.0597. The monoisotopic (exact) mass is 687 g/mol. The third kappa shape index (κ3) is 7.38. The van der Waals surface area contributed by atoms with Crippen LogP contribution in [0.5, 0.6) is 0 Å². The van der Waals surface area contributed by atoms with E-state index in [9.17, 15) is 26.7 Å². The molecule has 3 aromatic carbocycles. The van der Waals surface area contributed by atoms with Gasteiger partial charge in [-0.25, -0.2) is 21.6 Å². The number of nitrogens with zero attached hydrogens (tertiary/aromatic N) is 2. The van der Waals surface area contributed by atoms with Crippen LogP contribution >= 0.6 is 11.6 Å². The van der Waals surface area contributed by atoms with Crippen molar-refractivity contribution in [3.05, 3.63) is 71.2 Å². The van der Waals surface area contributed by atoms with Gasteiger partial charge < -0.3 is 10.0 Å². The van der Waals surface area contributed by atoms with Crippen molar-refractivity contribution in [3.63, 3.8) is 0 Å². The average molecular weight is 688 g/mol. The predicted octanol–water partition coefficient (Wildman–Crippen LogP) is 7.75. The molecule has 1 saturated carbocycles. The van der Waals surface area contributed by atoms with Gasteiger partial charge in [-0.2, -0.15) is 4.31 Å². The molecular weight excluding hydrogens is 646 g/mol. The van der Waals surface area contributed by atoms with E-state index < -0.39 is 26.0 Å². The van der Waals surface area contributed by atoms with E-state index >= 15 is 0 Å². The van der Waals surface area contributed by atoms with Crippen molar-refractivity contribution < 1.29 is 26.7 Å². The maximum absolute atomic E-state index is 14.3. The number of carboxylic acids is 1. The zero-order chi connectivity index (χ0) is 33.1. The van der Waals surface area contributed by atoms with Gasteiger partial charge in [-0.15, -0.1) is 0 Å². The third-order valence-electron chi connectivity index (χ3n) is 9.19. The Labute approximate surface area is 277 Å². The Bertz CT molecular complexity index is 1780. The molecule has 12 heteroatoms. The number of sulfonamides is 2. The van der Waals surface area contributed by atoms with Crippen LogP contribution in [-0.4, -0.2) is 57.6 Å². The summed E-state index contributed by atoms with van der Waals surface area (Å²) in [6.07, 6.45) is 8.33. The van der Waals surface area contributed by atoms with Crippen molar-refractivity contribution in [1.29, 1.82) is 0 Å². The number of hydrogen-bond donors (Lipinski definition) is 2. The van der Waals surface area contributed by atoms with Gasteiger partial charge in [0.1, 0.15) is 4.90 Å². The first-order chi connectivity index (χ1) is 21.9. The van der Waals surface area contributed by atoms with Crippen LogP contribution in [0.1, 0.15) is 75.1 Å². The Hall–Kier alpha value is -3.12. The normalized spacial score (nSPS) is 18.9. The van der Waals surface area contributed by atoms with Gasteiger partial charge >= 0.3 is 5.97 Å². The molecule has 9 nitrogen and oxygen atoms in total. The molecule has 0 amide bonds. The number of aromatic carboxylic acids is 1. The summed E-state index contributed by atoms with van der Waals surface area (Å²) in [5.41, 5.74) is 1.67. The fourth-order valence-corrected chi connectivity index (χ4v) is 9.72. The van der Waals surface area contributed by atoms with Crippen molar-refractivity contribution in [2.24, 2.45) is 5.92 Å². The molecule has 248 valence electrons. The Kier molecular flexibility index (Phi) is 10.7. The molecule has 1 aliphatic heterocycles. The van der Waals surface area contributed by atoms with Crippen LogP contribution in [0.15, 0.2) is 65.6 Å². The van der Waals surface area contributed by atoms with E-state index in [1.165, 1.54) is 22.5 Å². The maximum Gasteiger partial charge on any atom is 0.337 e. The van der Waals surface area contributed by atoms with Gasteiger partial charge in [0.2, 0.25) is 20.0 Å². The van der Waals surface area contributed by atoms with E-state index in [0.29, 0.717) is 29.8 Å². The molecule has 1 aliphatic carbocycles. The molecule has 0 bridgehead atoms. The summed E-state index contributed by atoms with van der Waals surface area (Å²) in [7, 11) is -6.12. The SMILES string of the molecule is CCCCCCS(=O)(=O)Nc1ccc(-c2cc3c(cc2Cl)N(c2ccccc2)C[C@@H](C2CCCCC2)N(C)S3(=O)=O)cc1C(=O)O. The second-order valence-electron chi connectivity index (χ2n) is 12.3. The fraction of sp³-hybridized carbons (Fsp3) is 0.441. The molecular formula is C34H42ClN3O6S2. The highest BCUT2D eigenvalue weighted by molar-refractivity contribution is 7.92. The van der Waals surface area contributed by atoms with E-state index in [4.69, 9.17) is 11.6 Å². The van der Waals surface area contributed by atoms with Crippen molar-refractivity contribution in [3.8, 4) is 11.1 Å². The lowest BCUT2D eigenvalue weighted by molar-refractivity contribution is 0.0698. The molecule has 2 N–H and O–H groups in total. The molecule has 1 heterocycles. The van der Waals surface area contributed by atoms with Gasteiger partial charge in [0, 0.05) is 30.9 Å². The van der Waals surface area contributed by atoms with E-state index in [2.05, 4.69) is 4.72 Å². The van der Waals surface area contributed by atoms with Gasteiger partial charge in [-0.05, 0) is 67.1 Å². The molecule has 0 unspecified atom stereocenters. The van der Waals surface area contributed by atoms with Crippen LogP contribution in [0.3, 0.4) is 0 Å². The first kappa shape index (κ1) is 34.2. The first-order valence-corrected chi connectivity index (χ1v) is 19.4. The number of carbonyl (C=O) groups is 1. The Morgan fingerprint density at radius 2 is 1.72 bits per heavy atom. The van der Waals surface area contributed by atoms with Crippen LogP contribution in [0, 0.1) is 5.92 Å². The third-order valence-corrected chi connectivity index (χ3v) is 12.8. The number of carboxylic acid groups (broad SMARTS) is 1. The molecule has 2 aliphatic rings. The number of hydrogen-bond acceptors (Lipinski definition) is 6. The zero-order valence-electron chi connectivity index (χ0n) is 26.3. The number of likely N-dealkylation sites (N-methyl/N-ethyl adjacent to an activating group) is 1. The molecule has 46 heavy (non-hydrogen) atoms. The predicted molar refractivity (Wildman–Crippen MR) is 184 cm³/mol. The van der Waals surface area contributed by atoms with Gasteiger partial charge in [-0.1, -0.05) is 81.3 Å². The molecule has 1 fully saturated rings. The van der Waals surface area contributed by atoms with Gasteiger partial charge in [-0.3, -0.25) is 4.72 Å². The molecule has 0 aromatic heterocycles. The standard InChI is InChI=1S/C34H42ClN3O6S2/c1-3-4-5-12-19-45(41,42)36-30-18-17-25(20-28(30)34(39)40)27-21-33-31(22-29(27)35)38(26-15-10-7-11-16-26)23-32(37(2)46(33,43)44)24-13-8-6-9-14-24/h7,10-11,15-18,20-22,24,32,36H,3-6,8-9,12-14,19,23H2,1-2H3,(H,39,40)/t32-/m0/s1. The second kappa shape index (κ2) is 14.3. The summed E-state index contributed by atoms with van der Waals surface area (Å²) < 4.78 is 58.1. The number of rotatable bonds is 11.